The quantitative estimate of drug-likeness (QED) is 0.856. The summed E-state index contributed by atoms with van der Waals surface area (Å²) in [6.45, 7) is 9.48. The molecule has 0 amide bonds. The lowest BCUT2D eigenvalue weighted by molar-refractivity contribution is 0.166. The number of nitrogens with zero attached hydrogens (tertiary/aromatic N) is 1. The number of hydrogen-bond donors (Lipinski definition) is 1. The Kier molecular flexibility index (Phi) is 5.16. The molecule has 1 saturated heterocycles. The van der Waals surface area contributed by atoms with Crippen LogP contribution in [0, 0.1) is 12.8 Å². The van der Waals surface area contributed by atoms with Crippen LogP contribution in [0.15, 0.2) is 12.3 Å². The van der Waals surface area contributed by atoms with Gasteiger partial charge in [-0.2, -0.15) is 0 Å². The number of pyridine rings is 1. The van der Waals surface area contributed by atoms with Gasteiger partial charge in [-0.25, -0.2) is 0 Å². The molecule has 1 unspecified atom stereocenters. The van der Waals surface area contributed by atoms with Crippen LogP contribution in [0.5, 0.6) is 5.75 Å². The van der Waals surface area contributed by atoms with Gasteiger partial charge in [0.2, 0.25) is 0 Å². The molecule has 106 valence electrons. The molecule has 0 bridgehead atoms. The maximum atomic E-state index is 5.97. The molecule has 2 heterocycles. The third-order valence-corrected chi connectivity index (χ3v) is 3.28. The predicted octanol–water partition coefficient (Wildman–Crippen LogP) is 2.30. The van der Waals surface area contributed by atoms with E-state index in [0.29, 0.717) is 12.0 Å². The van der Waals surface area contributed by atoms with Crippen LogP contribution in [-0.4, -0.2) is 30.8 Å². The molecule has 1 aliphatic heterocycles. The summed E-state index contributed by atoms with van der Waals surface area (Å²) in [5, 5.41) is 3.40. The van der Waals surface area contributed by atoms with Crippen molar-refractivity contribution >= 4 is 0 Å². The van der Waals surface area contributed by atoms with Gasteiger partial charge in [0.05, 0.1) is 13.2 Å². The van der Waals surface area contributed by atoms with Crippen molar-refractivity contribution in [3.8, 4) is 5.75 Å². The number of nitrogens with one attached hydrogen (secondary N) is 1. The van der Waals surface area contributed by atoms with Crippen molar-refractivity contribution in [3.63, 3.8) is 0 Å². The normalized spacial score (nSPS) is 19.1. The van der Waals surface area contributed by atoms with Gasteiger partial charge in [-0.1, -0.05) is 13.8 Å². The number of aryl methyl sites for hydroxylation is 1. The minimum absolute atomic E-state index is 0.456. The molecule has 0 saturated carbocycles. The minimum Gasteiger partial charge on any atom is -0.493 e. The fourth-order valence-electron chi connectivity index (χ4n) is 2.07. The first-order valence-corrected chi connectivity index (χ1v) is 7.04. The number of ether oxygens (including phenoxy) is 2. The highest BCUT2D eigenvalue weighted by molar-refractivity contribution is 5.32. The molecule has 0 radical (unpaired) electrons. The van der Waals surface area contributed by atoms with Gasteiger partial charge in [-0.05, 0) is 13.3 Å². The second-order valence-electron chi connectivity index (χ2n) is 5.51. The monoisotopic (exact) mass is 264 g/mol. The minimum atomic E-state index is 0.456. The van der Waals surface area contributed by atoms with Crippen LogP contribution >= 0.6 is 0 Å². The Morgan fingerprint density at radius 2 is 2.37 bits per heavy atom. The highest BCUT2D eigenvalue weighted by Crippen LogP contribution is 2.21. The lowest BCUT2D eigenvalue weighted by Crippen LogP contribution is -2.22. The van der Waals surface area contributed by atoms with E-state index in [1.54, 1.807) is 0 Å². The maximum absolute atomic E-state index is 5.97. The lowest BCUT2D eigenvalue weighted by atomic mass is 10.1. The molecule has 1 N–H and O–H groups in total. The smallest absolute Gasteiger partial charge is 0.127 e. The molecule has 1 aromatic heterocycles. The first-order chi connectivity index (χ1) is 9.15. The highest BCUT2D eigenvalue weighted by atomic mass is 16.5. The summed E-state index contributed by atoms with van der Waals surface area (Å²) in [4.78, 5) is 4.35. The van der Waals surface area contributed by atoms with Crippen LogP contribution in [0.2, 0.25) is 0 Å². The van der Waals surface area contributed by atoms with Gasteiger partial charge in [0.15, 0.2) is 0 Å². The van der Waals surface area contributed by atoms with E-state index in [0.717, 1.165) is 49.8 Å². The Bertz CT molecular complexity index is 401. The lowest BCUT2D eigenvalue weighted by Gasteiger charge is -2.15. The van der Waals surface area contributed by atoms with E-state index in [1.165, 1.54) is 0 Å². The Morgan fingerprint density at radius 1 is 1.53 bits per heavy atom. The van der Waals surface area contributed by atoms with E-state index >= 15 is 0 Å². The molecule has 4 nitrogen and oxygen atoms in total. The fraction of sp³-hybridized carbons (Fsp3) is 0.667. The Morgan fingerprint density at radius 3 is 3.05 bits per heavy atom. The van der Waals surface area contributed by atoms with Crippen molar-refractivity contribution in [2.24, 2.45) is 5.92 Å². The van der Waals surface area contributed by atoms with Crippen molar-refractivity contribution in [2.45, 2.75) is 39.8 Å². The molecule has 4 heteroatoms. The van der Waals surface area contributed by atoms with E-state index in [4.69, 9.17) is 9.47 Å². The van der Waals surface area contributed by atoms with Crippen LogP contribution in [-0.2, 0) is 11.3 Å². The molecule has 0 aliphatic carbocycles. The molecular weight excluding hydrogens is 240 g/mol. The topological polar surface area (TPSA) is 43.4 Å². The van der Waals surface area contributed by atoms with E-state index in [9.17, 15) is 0 Å². The van der Waals surface area contributed by atoms with E-state index in [-0.39, 0.29) is 0 Å². The first kappa shape index (κ1) is 14.3. The average Bonchev–Trinajstić information content (AvgIpc) is 2.88. The molecule has 0 spiro atoms. The van der Waals surface area contributed by atoms with Gasteiger partial charge in [-0.15, -0.1) is 0 Å². The van der Waals surface area contributed by atoms with E-state index in [1.807, 2.05) is 19.2 Å². The third-order valence-electron chi connectivity index (χ3n) is 3.28. The summed E-state index contributed by atoms with van der Waals surface area (Å²) in [5.74, 6) is 1.48. The van der Waals surface area contributed by atoms with Crippen molar-refractivity contribution in [1.29, 1.82) is 0 Å². The molecule has 1 fully saturated rings. The second kappa shape index (κ2) is 6.87. The van der Waals surface area contributed by atoms with E-state index < -0.39 is 0 Å². The Hall–Kier alpha value is -1.13. The standard InChI is InChI=1S/C15H24N2O2/c1-11(2)16-7-14-8-17-12(3)6-15(14)19-10-13-4-5-18-9-13/h6,8,11,13,16H,4-5,7,9-10H2,1-3H3. The molecule has 1 aliphatic rings. The van der Waals surface area contributed by atoms with Gasteiger partial charge in [0.1, 0.15) is 5.75 Å². The van der Waals surface area contributed by atoms with Crippen LogP contribution in [0.25, 0.3) is 0 Å². The SMILES string of the molecule is Cc1cc(OCC2CCOC2)c(CNC(C)C)cn1. The Labute approximate surface area is 115 Å². The fourth-order valence-corrected chi connectivity index (χ4v) is 2.07. The number of aromatic nitrogens is 1. The van der Waals surface area contributed by atoms with Crippen molar-refractivity contribution in [1.82, 2.24) is 10.3 Å². The number of hydrogen-bond acceptors (Lipinski definition) is 4. The third kappa shape index (κ3) is 4.48. The van der Waals surface area contributed by atoms with E-state index in [2.05, 4.69) is 24.1 Å². The summed E-state index contributed by atoms with van der Waals surface area (Å²) >= 11 is 0. The second-order valence-corrected chi connectivity index (χ2v) is 5.51. The highest BCUT2D eigenvalue weighted by Gasteiger charge is 2.17. The van der Waals surface area contributed by atoms with Crippen LogP contribution in [0.1, 0.15) is 31.5 Å². The molecule has 1 aromatic rings. The van der Waals surface area contributed by atoms with Crippen molar-refractivity contribution in [2.75, 3.05) is 19.8 Å². The van der Waals surface area contributed by atoms with Gasteiger partial charge in [0, 0.05) is 48.6 Å². The molecule has 19 heavy (non-hydrogen) atoms. The van der Waals surface area contributed by atoms with Crippen LogP contribution in [0.3, 0.4) is 0 Å². The molecule has 2 rings (SSSR count). The maximum Gasteiger partial charge on any atom is 0.127 e. The average molecular weight is 264 g/mol. The zero-order valence-corrected chi connectivity index (χ0v) is 12.1. The van der Waals surface area contributed by atoms with Crippen LogP contribution in [0.4, 0.5) is 0 Å². The molecule has 0 aromatic carbocycles. The summed E-state index contributed by atoms with van der Waals surface area (Å²) in [7, 11) is 0. The molecular formula is C15H24N2O2. The summed E-state index contributed by atoms with van der Waals surface area (Å²) in [6, 6.07) is 2.48. The zero-order valence-electron chi connectivity index (χ0n) is 12.1. The summed E-state index contributed by atoms with van der Waals surface area (Å²) in [6.07, 6.45) is 3.01. The number of rotatable bonds is 6. The van der Waals surface area contributed by atoms with Gasteiger partial charge >= 0.3 is 0 Å². The van der Waals surface area contributed by atoms with Gasteiger partial charge in [-0.3, -0.25) is 4.98 Å². The summed E-state index contributed by atoms with van der Waals surface area (Å²) < 4.78 is 11.3. The van der Waals surface area contributed by atoms with Crippen molar-refractivity contribution < 1.29 is 9.47 Å². The zero-order chi connectivity index (χ0) is 13.7. The summed E-state index contributed by atoms with van der Waals surface area (Å²) in [5.41, 5.74) is 2.11. The first-order valence-electron chi connectivity index (χ1n) is 7.04. The Balaban J connectivity index is 1.97. The van der Waals surface area contributed by atoms with Gasteiger partial charge in [0.25, 0.3) is 0 Å². The molecule has 1 atom stereocenters. The largest absolute Gasteiger partial charge is 0.493 e. The van der Waals surface area contributed by atoms with Crippen LogP contribution < -0.4 is 10.1 Å². The van der Waals surface area contributed by atoms with Crippen molar-refractivity contribution in [3.05, 3.63) is 23.5 Å². The predicted molar refractivity (Wildman–Crippen MR) is 75.4 cm³/mol. The van der Waals surface area contributed by atoms with Gasteiger partial charge < -0.3 is 14.8 Å².